The van der Waals surface area contributed by atoms with E-state index in [0.29, 0.717) is 47.0 Å². The van der Waals surface area contributed by atoms with Gasteiger partial charge in [-0.1, -0.05) is 36.4 Å². The maximum absolute atomic E-state index is 12.9. The quantitative estimate of drug-likeness (QED) is 0.0262. The first kappa shape index (κ1) is 72.5. The molecule has 26 nitrogen and oxygen atoms in total. The first-order valence-corrected chi connectivity index (χ1v) is 33.5. The Balaban J connectivity index is 0.771. The van der Waals surface area contributed by atoms with Crippen LogP contribution in [0.3, 0.4) is 0 Å². The summed E-state index contributed by atoms with van der Waals surface area (Å²) in [5.41, 5.74) is 2.96. The Morgan fingerprint density at radius 2 is 0.859 bits per heavy atom. The van der Waals surface area contributed by atoms with Crippen LogP contribution in [0.25, 0.3) is 20.9 Å². The molecular formula is C62H76N6O20S4. The summed E-state index contributed by atoms with van der Waals surface area (Å²) < 4.78 is 23.1. The topological polar surface area (TPSA) is 408 Å². The van der Waals surface area contributed by atoms with Gasteiger partial charge in [0.05, 0.1) is 49.7 Å². The number of aliphatic hydroxyl groups excluding tert-OH is 6. The van der Waals surface area contributed by atoms with E-state index >= 15 is 0 Å². The number of hydrogen-bond acceptors (Lipinski definition) is 22. The molecule has 2 saturated heterocycles. The van der Waals surface area contributed by atoms with Crippen LogP contribution >= 0.6 is 46.2 Å². The van der Waals surface area contributed by atoms with Crippen LogP contribution in [-0.4, -0.2) is 223 Å². The zero-order valence-corrected chi connectivity index (χ0v) is 53.4. The third-order valence-electron chi connectivity index (χ3n) is 14.9. The molecule has 0 spiro atoms. The Hall–Kier alpha value is -6.88. The first-order chi connectivity index (χ1) is 44.0. The maximum Gasteiger partial charge on any atom is 0.364 e. The molecule has 0 bridgehead atoms. The van der Waals surface area contributed by atoms with E-state index in [2.05, 4.69) is 31.9 Å². The Morgan fingerprint density at radius 1 is 0.522 bits per heavy atom. The van der Waals surface area contributed by atoms with Gasteiger partial charge in [-0.3, -0.25) is 28.8 Å². The highest BCUT2D eigenvalue weighted by Crippen LogP contribution is 2.36. The zero-order chi connectivity index (χ0) is 66.5. The molecule has 14 N–H and O–H groups in total. The molecule has 2 aromatic heterocycles. The second kappa shape index (κ2) is 34.9. The summed E-state index contributed by atoms with van der Waals surface area (Å²) in [6, 6.07) is 24.4. The fraction of sp³-hybridized carbons (Fsp3) is 0.452. The molecule has 6 amide bonds. The highest BCUT2D eigenvalue weighted by molar-refractivity contribution is 7.99. The minimum absolute atomic E-state index is 0.181. The molecule has 3 aromatic carbocycles. The highest BCUT2D eigenvalue weighted by Gasteiger charge is 2.57. The summed E-state index contributed by atoms with van der Waals surface area (Å²) in [4.78, 5) is 103. The fourth-order valence-electron chi connectivity index (χ4n) is 10.1. The van der Waals surface area contributed by atoms with Gasteiger partial charge in [0, 0.05) is 96.4 Å². The van der Waals surface area contributed by atoms with Gasteiger partial charge in [-0.2, -0.15) is 23.5 Å². The molecule has 5 aromatic rings. The third kappa shape index (κ3) is 20.1. The lowest BCUT2D eigenvalue weighted by Gasteiger charge is -2.46. The molecule has 0 saturated carbocycles. The van der Waals surface area contributed by atoms with Crippen LogP contribution in [0.1, 0.15) is 81.0 Å². The Morgan fingerprint density at radius 3 is 1.17 bits per heavy atom. The molecule has 0 radical (unpaired) electrons. The number of hydrogen-bond donors (Lipinski definition) is 14. The Bertz CT molecular complexity index is 3030. The minimum atomic E-state index is -2.49. The van der Waals surface area contributed by atoms with Crippen molar-refractivity contribution in [1.82, 2.24) is 31.9 Å². The number of benzene rings is 3. The average Bonchev–Trinajstić information content (AvgIpc) is 1.07. The standard InChI is InChI=1S/C62H76N6O20S4/c1-35(69)67-49-43(71)31-61(59(81)82,87-53(49)51(75)45(73)33-65-57(79)41-13-9-37(10-14-41)47-7-3-27-91-47)85-23-5-25-89-29-21-63-55(77)39-17-19-40(20-18-39)56(78)64-22-30-90-26-6-24-86-62(60(83)84)32-44(72)50(68-36(2)70)54(88-62)52(76)46(74)34-66-58(80)42-15-11-38(12-16-42)48-8-4-28-92-48/h3-4,7-20,27-28,43-46,49-54,71-76H,5-6,21-26,29-34H2,1-2H3,(H,63,77)(H,64,78)(H,65,79)(H,66,80)(H,67,69)(H,68,70)(H,81,82)(H,83,84)/t43-,44-,45+,46+,49+,50+,51?,52?,53+,54+,61+,62+/m0/s1. The lowest BCUT2D eigenvalue weighted by atomic mass is 9.88. The predicted molar refractivity (Wildman–Crippen MR) is 342 cm³/mol. The summed E-state index contributed by atoms with van der Waals surface area (Å²) in [7, 11) is 0. The molecule has 0 aliphatic carbocycles. The molecule has 2 aliphatic heterocycles. The molecule has 2 aliphatic rings. The van der Waals surface area contributed by atoms with Crippen LogP contribution in [0.15, 0.2) is 108 Å². The lowest BCUT2D eigenvalue weighted by Crippen LogP contribution is -2.68. The van der Waals surface area contributed by atoms with Crippen molar-refractivity contribution in [1.29, 1.82) is 0 Å². The fourth-order valence-corrected chi connectivity index (χ4v) is 13.1. The number of ether oxygens (including phenoxy) is 4. The van der Waals surface area contributed by atoms with Crippen LogP contribution in [0, 0.1) is 0 Å². The summed E-state index contributed by atoms with van der Waals surface area (Å²) in [6.45, 7) is 1.44. The predicted octanol–water partition coefficient (Wildman–Crippen LogP) is 2.06. The van der Waals surface area contributed by atoms with E-state index in [0.717, 1.165) is 34.7 Å². The number of amides is 6. The number of thioether (sulfide) groups is 2. The van der Waals surface area contributed by atoms with Gasteiger partial charge in [0.2, 0.25) is 11.8 Å². The molecule has 4 heterocycles. The zero-order valence-electron chi connectivity index (χ0n) is 50.2. The molecule has 92 heavy (non-hydrogen) atoms. The van der Waals surface area contributed by atoms with Gasteiger partial charge < -0.3 is 91.7 Å². The van der Waals surface area contributed by atoms with Crippen molar-refractivity contribution >= 4 is 93.6 Å². The number of carboxylic acid groups (broad SMARTS) is 2. The van der Waals surface area contributed by atoms with E-state index in [-0.39, 0.29) is 37.4 Å². The lowest BCUT2D eigenvalue weighted by molar-refractivity contribution is -0.310. The van der Waals surface area contributed by atoms with Crippen LogP contribution in [0.2, 0.25) is 0 Å². The van der Waals surface area contributed by atoms with Gasteiger partial charge in [-0.25, -0.2) is 9.59 Å². The summed E-state index contributed by atoms with van der Waals surface area (Å²) in [5.74, 6) is -9.60. The second-order valence-electron chi connectivity index (χ2n) is 21.6. The number of aliphatic hydroxyl groups is 6. The summed E-state index contributed by atoms with van der Waals surface area (Å²) in [6.07, 6.45) is -14.6. The van der Waals surface area contributed by atoms with E-state index in [1.165, 1.54) is 70.5 Å². The highest BCUT2D eigenvalue weighted by atomic mass is 32.2. The molecule has 7 rings (SSSR count). The average molecular weight is 1350 g/mol. The summed E-state index contributed by atoms with van der Waals surface area (Å²) >= 11 is 5.92. The molecule has 2 unspecified atom stereocenters. The van der Waals surface area contributed by atoms with Crippen molar-refractivity contribution in [3.8, 4) is 20.9 Å². The van der Waals surface area contributed by atoms with Crippen molar-refractivity contribution in [2.24, 2.45) is 0 Å². The molecule has 12 atom stereocenters. The molecule has 2 fully saturated rings. The molecule has 498 valence electrons. The molecular weight excluding hydrogens is 1280 g/mol. The van der Waals surface area contributed by atoms with Gasteiger partial charge in [-0.05, 0) is 107 Å². The van der Waals surface area contributed by atoms with Crippen LogP contribution in [-0.2, 0) is 38.1 Å². The number of thiophene rings is 2. The van der Waals surface area contributed by atoms with Crippen molar-refractivity contribution in [3.05, 3.63) is 130 Å². The van der Waals surface area contributed by atoms with Gasteiger partial charge >= 0.3 is 11.9 Å². The monoisotopic (exact) mass is 1350 g/mol. The van der Waals surface area contributed by atoms with E-state index in [9.17, 15) is 79.2 Å². The normalized spacial score (nSPS) is 22.6. The van der Waals surface area contributed by atoms with Crippen LogP contribution < -0.4 is 31.9 Å². The number of rotatable bonds is 34. The summed E-state index contributed by atoms with van der Waals surface area (Å²) in [5, 5.41) is 107. The number of carbonyl (C=O) groups is 8. The third-order valence-corrected chi connectivity index (χ3v) is 18.8. The van der Waals surface area contributed by atoms with Crippen LogP contribution in [0.4, 0.5) is 0 Å². The molecule has 30 heteroatoms. The smallest absolute Gasteiger partial charge is 0.364 e. The first-order valence-electron chi connectivity index (χ1n) is 29.4. The maximum atomic E-state index is 12.9. The van der Waals surface area contributed by atoms with Gasteiger partial charge in [-0.15, -0.1) is 22.7 Å². The van der Waals surface area contributed by atoms with Gasteiger partial charge in [0.15, 0.2) is 0 Å². The van der Waals surface area contributed by atoms with Crippen molar-refractivity contribution in [2.75, 3.05) is 62.4 Å². The Labute approximate surface area is 546 Å². The van der Waals surface area contributed by atoms with Crippen molar-refractivity contribution < 1.29 is 98.2 Å². The largest absolute Gasteiger partial charge is 0.477 e. The van der Waals surface area contributed by atoms with Gasteiger partial charge in [0.1, 0.15) is 24.4 Å². The van der Waals surface area contributed by atoms with Gasteiger partial charge in [0.25, 0.3) is 35.2 Å². The number of aliphatic carboxylic acids is 2. The minimum Gasteiger partial charge on any atom is -0.477 e. The van der Waals surface area contributed by atoms with E-state index < -0.39 is 146 Å². The van der Waals surface area contributed by atoms with E-state index in [1.54, 1.807) is 48.5 Å². The van der Waals surface area contributed by atoms with Crippen molar-refractivity contribution in [3.63, 3.8) is 0 Å². The van der Waals surface area contributed by atoms with E-state index in [1.807, 2.05) is 35.0 Å². The number of nitrogens with one attached hydrogen (secondary N) is 6. The van der Waals surface area contributed by atoms with Crippen molar-refractivity contribution in [2.45, 2.75) is 112 Å². The SMILES string of the molecule is CC(=O)N[C@@H]1[C@@H](O)C[C@](OCCCSCCNC(=O)c2ccc(C(=O)NCCSCCCO[C@]3(C(=O)O)C[C@H](O)[C@@H](NC(C)=O)[C@H](C(O)[C@H](O)CNC(=O)c4ccc(-c5cccs5)cc4)O3)cc2)(C(=O)O)O[C@H]1C(O)[C@H](O)CNC(=O)c1ccc(-c2cccs2)cc1. The van der Waals surface area contributed by atoms with Crippen LogP contribution in [0.5, 0.6) is 0 Å². The number of carbonyl (C=O) groups excluding carboxylic acids is 6. The van der Waals surface area contributed by atoms with E-state index in [4.69, 9.17) is 18.9 Å². The number of carboxylic acids is 2. The second-order valence-corrected chi connectivity index (χ2v) is 26.0. The Kier molecular flexibility index (Phi) is 27.5.